The molecule has 0 radical (unpaired) electrons. The molecule has 2 heterocycles. The van der Waals surface area contributed by atoms with Crippen molar-refractivity contribution in [2.75, 3.05) is 37.6 Å². The average molecular weight is 305 g/mol. The summed E-state index contributed by atoms with van der Waals surface area (Å²) < 4.78 is 14.1. The summed E-state index contributed by atoms with van der Waals surface area (Å²) >= 11 is 0. The number of rotatable bonds is 2. The van der Waals surface area contributed by atoms with Gasteiger partial charge in [-0.2, -0.15) is 0 Å². The Bertz CT molecular complexity index is 583. The maximum absolute atomic E-state index is 14.1. The highest BCUT2D eigenvalue weighted by atomic mass is 19.1. The molecule has 0 saturated carbocycles. The molecule has 2 fully saturated rings. The van der Waals surface area contributed by atoms with E-state index in [1.54, 1.807) is 15.9 Å². The number of benzene rings is 1. The van der Waals surface area contributed by atoms with Crippen LogP contribution in [0.1, 0.15) is 29.6 Å². The number of carbonyl (C=O) groups excluding carboxylic acids is 2. The molecule has 1 aromatic carbocycles. The summed E-state index contributed by atoms with van der Waals surface area (Å²) in [6, 6.07) is 4.36. The summed E-state index contributed by atoms with van der Waals surface area (Å²) in [4.78, 5) is 27.7. The van der Waals surface area contributed by atoms with E-state index in [9.17, 15) is 14.0 Å². The summed E-state index contributed by atoms with van der Waals surface area (Å²) in [5.41, 5.74) is 0.666. The van der Waals surface area contributed by atoms with E-state index in [2.05, 4.69) is 5.32 Å². The number of anilines is 1. The topological polar surface area (TPSA) is 52.7 Å². The van der Waals surface area contributed by atoms with Crippen molar-refractivity contribution in [3.8, 4) is 0 Å². The summed E-state index contributed by atoms with van der Waals surface area (Å²) in [5, 5.41) is 3.22. The largest absolute Gasteiger partial charge is 0.337 e. The molecule has 0 spiro atoms. The van der Waals surface area contributed by atoms with Crippen molar-refractivity contribution in [2.45, 2.75) is 19.3 Å². The van der Waals surface area contributed by atoms with E-state index in [-0.39, 0.29) is 17.4 Å². The van der Waals surface area contributed by atoms with Gasteiger partial charge in [-0.25, -0.2) is 4.39 Å². The molecule has 6 heteroatoms. The van der Waals surface area contributed by atoms with E-state index < -0.39 is 5.82 Å². The molecular formula is C16H20FN3O2. The van der Waals surface area contributed by atoms with Crippen LogP contribution < -0.4 is 10.2 Å². The summed E-state index contributed by atoms with van der Waals surface area (Å²) in [6.07, 6.45) is 2.17. The summed E-state index contributed by atoms with van der Waals surface area (Å²) in [6.45, 7) is 3.42. The van der Waals surface area contributed by atoms with Gasteiger partial charge < -0.3 is 15.1 Å². The van der Waals surface area contributed by atoms with Crippen molar-refractivity contribution in [3.63, 3.8) is 0 Å². The van der Waals surface area contributed by atoms with Crippen LogP contribution in [0.3, 0.4) is 0 Å². The van der Waals surface area contributed by atoms with Crippen LogP contribution in [0.2, 0.25) is 0 Å². The first kappa shape index (κ1) is 15.0. The van der Waals surface area contributed by atoms with Crippen LogP contribution >= 0.6 is 0 Å². The standard InChI is InChI=1S/C16H20FN3O2/c17-14-5-4-12(20-9-1-3-15(20)21)11-13(14)16(22)19-8-2-6-18-7-10-19/h4-5,11,18H,1-3,6-10H2. The number of nitrogens with zero attached hydrogens (tertiary/aromatic N) is 2. The average Bonchev–Trinajstić information content (AvgIpc) is 2.77. The molecule has 2 aliphatic rings. The lowest BCUT2D eigenvalue weighted by atomic mass is 10.1. The van der Waals surface area contributed by atoms with Crippen molar-refractivity contribution in [1.29, 1.82) is 0 Å². The monoisotopic (exact) mass is 305 g/mol. The first-order chi connectivity index (χ1) is 10.7. The molecular weight excluding hydrogens is 285 g/mol. The number of halogens is 1. The number of carbonyl (C=O) groups is 2. The zero-order valence-electron chi connectivity index (χ0n) is 12.5. The van der Waals surface area contributed by atoms with Gasteiger partial charge >= 0.3 is 0 Å². The number of amides is 2. The third kappa shape index (κ3) is 2.97. The van der Waals surface area contributed by atoms with Gasteiger partial charge in [0.25, 0.3) is 5.91 Å². The van der Waals surface area contributed by atoms with Gasteiger partial charge in [0.15, 0.2) is 0 Å². The van der Waals surface area contributed by atoms with Gasteiger partial charge in [-0.15, -0.1) is 0 Å². The second-order valence-corrected chi connectivity index (χ2v) is 5.71. The van der Waals surface area contributed by atoms with E-state index in [0.29, 0.717) is 31.7 Å². The molecule has 0 bridgehead atoms. The lowest BCUT2D eigenvalue weighted by Crippen LogP contribution is -2.35. The smallest absolute Gasteiger partial charge is 0.256 e. The van der Waals surface area contributed by atoms with Crippen LogP contribution in [-0.4, -0.2) is 49.4 Å². The van der Waals surface area contributed by atoms with Crippen molar-refractivity contribution in [2.24, 2.45) is 0 Å². The maximum atomic E-state index is 14.1. The van der Waals surface area contributed by atoms with Crippen LogP contribution in [0, 0.1) is 5.82 Å². The van der Waals surface area contributed by atoms with Gasteiger partial charge in [-0.05, 0) is 37.6 Å². The Labute approximate surface area is 129 Å². The molecule has 1 aromatic rings. The fraction of sp³-hybridized carbons (Fsp3) is 0.500. The van der Waals surface area contributed by atoms with Gasteiger partial charge in [0.2, 0.25) is 5.91 Å². The lowest BCUT2D eigenvalue weighted by molar-refractivity contribution is -0.117. The Balaban J connectivity index is 1.85. The van der Waals surface area contributed by atoms with E-state index in [4.69, 9.17) is 0 Å². The van der Waals surface area contributed by atoms with Gasteiger partial charge in [0.05, 0.1) is 5.56 Å². The minimum absolute atomic E-state index is 0.0315. The minimum Gasteiger partial charge on any atom is -0.337 e. The lowest BCUT2D eigenvalue weighted by Gasteiger charge is -2.22. The SMILES string of the molecule is O=C(c1cc(N2CCCC2=O)ccc1F)N1CCCNCC1. The molecule has 0 unspecified atom stereocenters. The molecule has 5 nitrogen and oxygen atoms in total. The molecule has 0 aromatic heterocycles. The Hall–Kier alpha value is -1.95. The molecule has 0 atom stereocenters. The summed E-state index contributed by atoms with van der Waals surface area (Å²) in [5.74, 6) is -0.795. The summed E-state index contributed by atoms with van der Waals surface area (Å²) in [7, 11) is 0. The minimum atomic E-state index is -0.530. The van der Waals surface area contributed by atoms with E-state index >= 15 is 0 Å². The van der Waals surface area contributed by atoms with Crippen molar-refractivity contribution in [1.82, 2.24) is 10.2 Å². The first-order valence-corrected chi connectivity index (χ1v) is 7.77. The highest BCUT2D eigenvalue weighted by molar-refractivity contribution is 5.99. The van der Waals surface area contributed by atoms with Gasteiger partial charge in [-0.3, -0.25) is 9.59 Å². The molecule has 1 N–H and O–H groups in total. The molecule has 0 aliphatic carbocycles. The van der Waals surface area contributed by atoms with Crippen LogP contribution in [0.15, 0.2) is 18.2 Å². The van der Waals surface area contributed by atoms with Gasteiger partial charge in [-0.1, -0.05) is 0 Å². The predicted molar refractivity (Wildman–Crippen MR) is 81.4 cm³/mol. The first-order valence-electron chi connectivity index (χ1n) is 7.77. The Morgan fingerprint density at radius 1 is 1.14 bits per heavy atom. The second-order valence-electron chi connectivity index (χ2n) is 5.71. The zero-order valence-corrected chi connectivity index (χ0v) is 12.5. The third-order valence-corrected chi connectivity index (χ3v) is 4.19. The van der Waals surface area contributed by atoms with E-state index in [1.165, 1.54) is 12.1 Å². The Morgan fingerprint density at radius 2 is 2.00 bits per heavy atom. The quantitative estimate of drug-likeness (QED) is 0.898. The third-order valence-electron chi connectivity index (χ3n) is 4.19. The van der Waals surface area contributed by atoms with Gasteiger partial charge in [0, 0.05) is 38.3 Å². The number of nitrogens with one attached hydrogen (secondary N) is 1. The zero-order chi connectivity index (χ0) is 15.5. The Kier molecular flexibility index (Phi) is 4.38. The molecule has 2 aliphatic heterocycles. The second kappa shape index (κ2) is 6.44. The molecule has 2 saturated heterocycles. The van der Waals surface area contributed by atoms with Crippen LogP contribution in [0.25, 0.3) is 0 Å². The van der Waals surface area contributed by atoms with Crippen molar-refractivity contribution >= 4 is 17.5 Å². The van der Waals surface area contributed by atoms with Crippen LogP contribution in [0.4, 0.5) is 10.1 Å². The van der Waals surface area contributed by atoms with Crippen LogP contribution in [0.5, 0.6) is 0 Å². The molecule has 2 amide bonds. The van der Waals surface area contributed by atoms with Crippen molar-refractivity contribution in [3.05, 3.63) is 29.6 Å². The molecule has 3 rings (SSSR count). The number of hydrogen-bond donors (Lipinski definition) is 1. The molecule has 22 heavy (non-hydrogen) atoms. The fourth-order valence-electron chi connectivity index (χ4n) is 2.99. The Morgan fingerprint density at radius 3 is 2.77 bits per heavy atom. The maximum Gasteiger partial charge on any atom is 0.256 e. The number of hydrogen-bond acceptors (Lipinski definition) is 3. The fourth-order valence-corrected chi connectivity index (χ4v) is 2.99. The molecule has 118 valence electrons. The highest BCUT2D eigenvalue weighted by Gasteiger charge is 2.25. The van der Waals surface area contributed by atoms with E-state index in [1.807, 2.05) is 0 Å². The predicted octanol–water partition coefficient (Wildman–Crippen LogP) is 1.39. The van der Waals surface area contributed by atoms with Gasteiger partial charge in [0.1, 0.15) is 5.82 Å². The van der Waals surface area contributed by atoms with Crippen molar-refractivity contribution < 1.29 is 14.0 Å². The highest BCUT2D eigenvalue weighted by Crippen LogP contribution is 2.24. The normalized spacial score (nSPS) is 19.4. The van der Waals surface area contributed by atoms with Crippen LogP contribution in [-0.2, 0) is 4.79 Å². The van der Waals surface area contributed by atoms with E-state index in [0.717, 1.165) is 25.9 Å².